The van der Waals surface area contributed by atoms with Crippen molar-refractivity contribution < 1.29 is 48.5 Å². The second kappa shape index (κ2) is 8.10. The van der Waals surface area contributed by atoms with Gasteiger partial charge in [-0.3, -0.25) is 9.69 Å². The van der Waals surface area contributed by atoms with Crippen molar-refractivity contribution in [3.8, 4) is 0 Å². The first-order valence-corrected chi connectivity index (χ1v) is 4.29. The summed E-state index contributed by atoms with van der Waals surface area (Å²) in [6, 6.07) is 0. The molecule has 0 bridgehead atoms. The van der Waals surface area contributed by atoms with Gasteiger partial charge in [-0.1, -0.05) is 4.57 Å². The van der Waals surface area contributed by atoms with Crippen molar-refractivity contribution in [3.63, 3.8) is 0 Å². The SMILES string of the molecule is COC(=O)CN(C)C[P+](=O)[O-].[Na+]. The van der Waals surface area contributed by atoms with Crippen LogP contribution in [-0.4, -0.2) is 37.9 Å². The summed E-state index contributed by atoms with van der Waals surface area (Å²) < 4.78 is 14.4. The normalized spacial score (nSPS) is 10.5. The Hall–Kier alpha value is 0.490. The van der Waals surface area contributed by atoms with Gasteiger partial charge in [0.15, 0.2) is 6.29 Å². The fourth-order valence-electron chi connectivity index (χ4n) is 0.532. The van der Waals surface area contributed by atoms with Crippen LogP contribution in [0.2, 0.25) is 0 Å². The molecule has 0 aromatic heterocycles. The van der Waals surface area contributed by atoms with Crippen LogP contribution in [0.3, 0.4) is 0 Å². The fraction of sp³-hybridized carbons (Fsp3) is 0.800. The molecule has 64 valence electrons. The predicted molar refractivity (Wildman–Crippen MR) is 37.1 cm³/mol. The van der Waals surface area contributed by atoms with E-state index < -0.39 is 14.0 Å². The van der Waals surface area contributed by atoms with E-state index in [4.69, 9.17) is 0 Å². The maximum Gasteiger partial charge on any atom is 1.00 e. The number of hydrogen-bond acceptors (Lipinski definition) is 5. The maximum absolute atomic E-state index is 10.5. The number of nitrogens with zero attached hydrogens (tertiary/aromatic N) is 1. The van der Waals surface area contributed by atoms with Gasteiger partial charge in [-0.05, 0) is 7.05 Å². The number of esters is 1. The second-order valence-corrected chi connectivity index (χ2v) is 3.01. The summed E-state index contributed by atoms with van der Waals surface area (Å²) in [6.07, 6.45) is -0.121. The molecule has 12 heavy (non-hydrogen) atoms. The summed E-state index contributed by atoms with van der Waals surface area (Å²) in [5, 5.41) is 0. The maximum atomic E-state index is 10.5. The zero-order chi connectivity index (χ0) is 8.85. The van der Waals surface area contributed by atoms with Crippen LogP contribution in [0.4, 0.5) is 0 Å². The Morgan fingerprint density at radius 2 is 2.17 bits per heavy atom. The standard InChI is InChI=1S/C5H10NO4P.Na/c1-6(4-11(8)9)3-5(7)10-2;/h3-4H2,1-2H3;/q;+1. The Morgan fingerprint density at radius 3 is 2.50 bits per heavy atom. The van der Waals surface area contributed by atoms with Gasteiger partial charge in [-0.2, -0.15) is 0 Å². The Balaban J connectivity index is 0. The Kier molecular flexibility index (Phi) is 10.1. The monoisotopic (exact) mass is 202 g/mol. The number of carbonyl (C=O) groups is 1. The molecule has 0 aromatic rings. The molecule has 0 aliphatic rings. The predicted octanol–water partition coefficient (Wildman–Crippen LogP) is -3.84. The van der Waals surface area contributed by atoms with Crippen LogP contribution >= 0.6 is 8.03 Å². The smallest absolute Gasteiger partial charge is 0.594 e. The summed E-state index contributed by atoms with van der Waals surface area (Å²) in [7, 11) is 0.330. The third kappa shape index (κ3) is 8.59. The van der Waals surface area contributed by atoms with Crippen molar-refractivity contribution in [3.05, 3.63) is 0 Å². The number of likely N-dealkylation sites (N-methyl/N-ethyl adjacent to an activating group) is 1. The molecule has 0 rings (SSSR count). The van der Waals surface area contributed by atoms with Gasteiger partial charge < -0.3 is 9.63 Å². The topological polar surface area (TPSA) is 69.7 Å². The van der Waals surface area contributed by atoms with Gasteiger partial charge in [-0.25, -0.2) is 0 Å². The van der Waals surface area contributed by atoms with Gasteiger partial charge in [0.1, 0.15) is 0 Å². The van der Waals surface area contributed by atoms with Crippen LogP contribution in [-0.2, 0) is 14.1 Å². The second-order valence-electron chi connectivity index (χ2n) is 2.06. The van der Waals surface area contributed by atoms with E-state index in [1.54, 1.807) is 0 Å². The molecule has 0 aliphatic carbocycles. The first-order chi connectivity index (χ1) is 5.06. The van der Waals surface area contributed by atoms with E-state index >= 15 is 0 Å². The van der Waals surface area contributed by atoms with E-state index in [1.165, 1.54) is 19.1 Å². The first-order valence-electron chi connectivity index (χ1n) is 2.93. The van der Waals surface area contributed by atoms with Gasteiger partial charge in [0.2, 0.25) is 0 Å². The molecule has 0 aromatic carbocycles. The number of carbonyl (C=O) groups excluding carboxylic acids is 1. The third-order valence-corrected chi connectivity index (χ3v) is 1.70. The van der Waals surface area contributed by atoms with Crippen LogP contribution in [0.25, 0.3) is 0 Å². The molecule has 0 N–H and O–H groups in total. The molecule has 0 aliphatic heterocycles. The van der Waals surface area contributed by atoms with Crippen molar-refractivity contribution in [2.75, 3.05) is 27.0 Å². The fourth-order valence-corrected chi connectivity index (χ4v) is 1.03. The van der Waals surface area contributed by atoms with E-state index in [9.17, 15) is 14.3 Å². The van der Waals surface area contributed by atoms with E-state index in [0.29, 0.717) is 0 Å². The third-order valence-electron chi connectivity index (χ3n) is 0.984. The number of rotatable bonds is 4. The molecule has 1 unspecified atom stereocenters. The van der Waals surface area contributed by atoms with Crippen molar-refractivity contribution in [2.45, 2.75) is 0 Å². The average molecular weight is 202 g/mol. The van der Waals surface area contributed by atoms with E-state index in [2.05, 4.69) is 4.74 Å². The molecule has 0 radical (unpaired) electrons. The molecule has 0 heterocycles. The summed E-state index contributed by atoms with van der Waals surface area (Å²) in [5.41, 5.74) is 0. The largest absolute Gasteiger partial charge is 1.00 e. The number of ether oxygens (including phenoxy) is 1. The van der Waals surface area contributed by atoms with Crippen LogP contribution in [0, 0.1) is 0 Å². The van der Waals surface area contributed by atoms with Crippen molar-refractivity contribution in [1.29, 1.82) is 0 Å². The van der Waals surface area contributed by atoms with Crippen LogP contribution in [0.1, 0.15) is 0 Å². The van der Waals surface area contributed by atoms with Crippen molar-refractivity contribution in [2.24, 2.45) is 0 Å². The Bertz CT molecular complexity index is 166. The zero-order valence-corrected chi connectivity index (χ0v) is 10.3. The van der Waals surface area contributed by atoms with E-state index in [-0.39, 0.29) is 42.4 Å². The van der Waals surface area contributed by atoms with Gasteiger partial charge in [0.25, 0.3) is 0 Å². The molecule has 7 heteroatoms. The van der Waals surface area contributed by atoms with Crippen molar-refractivity contribution >= 4 is 14.0 Å². The quantitative estimate of drug-likeness (QED) is 0.265. The zero-order valence-electron chi connectivity index (χ0n) is 7.44. The van der Waals surface area contributed by atoms with Crippen LogP contribution in [0.15, 0.2) is 0 Å². The van der Waals surface area contributed by atoms with E-state index in [1.807, 2.05) is 0 Å². The molecule has 1 atom stereocenters. The summed E-state index contributed by atoms with van der Waals surface area (Å²) in [5.74, 6) is -0.440. The first kappa shape index (κ1) is 15.0. The molecular formula is C5H10NNaO4P+. The molecule has 0 saturated carbocycles. The van der Waals surface area contributed by atoms with Crippen LogP contribution < -0.4 is 34.5 Å². The van der Waals surface area contributed by atoms with Gasteiger partial charge in [0, 0.05) is 0 Å². The van der Waals surface area contributed by atoms with Gasteiger partial charge >= 0.3 is 43.6 Å². The summed E-state index contributed by atoms with van der Waals surface area (Å²) >= 11 is 0. The minimum Gasteiger partial charge on any atom is -0.594 e. The molecule has 5 nitrogen and oxygen atoms in total. The molecule has 0 amide bonds. The van der Waals surface area contributed by atoms with Crippen molar-refractivity contribution in [1.82, 2.24) is 4.90 Å². The molecule has 0 spiro atoms. The van der Waals surface area contributed by atoms with E-state index in [0.717, 1.165) is 0 Å². The summed E-state index contributed by atoms with van der Waals surface area (Å²) in [4.78, 5) is 22.0. The average Bonchev–Trinajstić information content (AvgIpc) is 1.85. The number of methoxy groups -OCH3 is 1. The number of hydrogen-bond donors (Lipinski definition) is 0. The summed E-state index contributed by atoms with van der Waals surface area (Å²) in [6.45, 7) is -0.000185. The molecule has 0 fully saturated rings. The van der Waals surface area contributed by atoms with Gasteiger partial charge in [-0.15, -0.1) is 0 Å². The molecular weight excluding hydrogens is 192 g/mol. The Labute approximate surface area is 94.2 Å². The minimum atomic E-state index is -2.46. The van der Waals surface area contributed by atoms with Gasteiger partial charge in [0.05, 0.1) is 13.7 Å². The Morgan fingerprint density at radius 1 is 1.67 bits per heavy atom. The molecule has 0 saturated heterocycles. The van der Waals surface area contributed by atoms with Crippen LogP contribution in [0.5, 0.6) is 0 Å². The minimum absolute atomic E-state index is 0.